The van der Waals surface area contributed by atoms with Crippen LogP contribution in [0.5, 0.6) is 0 Å². The Labute approximate surface area is 123 Å². The molecule has 0 bridgehead atoms. The molecule has 1 aliphatic rings. The van der Waals surface area contributed by atoms with Crippen molar-refractivity contribution in [2.75, 3.05) is 5.32 Å². The van der Waals surface area contributed by atoms with Crippen molar-refractivity contribution in [2.24, 2.45) is 5.73 Å². The third-order valence-corrected chi connectivity index (χ3v) is 3.68. The predicted molar refractivity (Wildman–Crippen MR) is 78.6 cm³/mol. The number of benzene rings is 1. The van der Waals surface area contributed by atoms with Crippen molar-refractivity contribution in [1.82, 2.24) is 5.32 Å². The first-order valence-corrected chi connectivity index (χ1v) is 7.23. The first-order valence-electron chi connectivity index (χ1n) is 7.23. The molecular weight excluding hydrogens is 273 g/mol. The molecule has 0 spiro atoms. The summed E-state index contributed by atoms with van der Waals surface area (Å²) in [4.78, 5) is 23.0. The monoisotopic (exact) mass is 293 g/mol. The summed E-state index contributed by atoms with van der Waals surface area (Å²) in [6.45, 7) is 0. The normalized spacial score (nSPS) is 16.0. The highest BCUT2D eigenvalue weighted by Crippen LogP contribution is 2.18. The fourth-order valence-corrected chi connectivity index (χ4v) is 2.57. The highest BCUT2D eigenvalue weighted by Gasteiger charge is 2.15. The van der Waals surface area contributed by atoms with E-state index in [2.05, 4.69) is 10.6 Å². The Bertz CT molecular complexity index is 526. The minimum atomic E-state index is -0.861. The molecule has 1 saturated carbocycles. The maximum atomic E-state index is 13.3. The smallest absolute Gasteiger partial charge is 0.319 e. The Hall–Kier alpha value is -2.11. The van der Waals surface area contributed by atoms with E-state index in [1.165, 1.54) is 25.0 Å². The van der Waals surface area contributed by atoms with Crippen LogP contribution < -0.4 is 16.4 Å². The molecule has 0 saturated heterocycles. The fraction of sp³-hybridized carbons (Fsp3) is 0.467. The number of urea groups is 1. The highest BCUT2D eigenvalue weighted by atomic mass is 19.1. The second kappa shape index (κ2) is 7.06. The lowest BCUT2D eigenvalue weighted by Crippen LogP contribution is -2.37. The summed E-state index contributed by atoms with van der Waals surface area (Å²) in [6.07, 6.45) is 6.60. The van der Waals surface area contributed by atoms with Gasteiger partial charge in [-0.3, -0.25) is 4.79 Å². The van der Waals surface area contributed by atoms with Gasteiger partial charge in [-0.05, 0) is 31.0 Å². The largest absolute Gasteiger partial charge is 0.366 e. The van der Waals surface area contributed by atoms with Crippen LogP contribution in [-0.4, -0.2) is 18.0 Å². The Balaban J connectivity index is 1.95. The van der Waals surface area contributed by atoms with Crippen molar-refractivity contribution in [3.8, 4) is 0 Å². The third-order valence-electron chi connectivity index (χ3n) is 3.68. The Morgan fingerprint density at radius 3 is 2.43 bits per heavy atom. The van der Waals surface area contributed by atoms with Crippen LogP contribution in [0.15, 0.2) is 18.2 Å². The van der Waals surface area contributed by atoms with Crippen molar-refractivity contribution < 1.29 is 14.0 Å². The molecule has 21 heavy (non-hydrogen) atoms. The van der Waals surface area contributed by atoms with Gasteiger partial charge in [0.15, 0.2) is 0 Å². The van der Waals surface area contributed by atoms with Crippen LogP contribution in [-0.2, 0) is 0 Å². The van der Waals surface area contributed by atoms with E-state index in [9.17, 15) is 14.0 Å². The Morgan fingerprint density at radius 1 is 1.14 bits per heavy atom. The van der Waals surface area contributed by atoms with E-state index in [4.69, 9.17) is 5.73 Å². The molecule has 4 N–H and O–H groups in total. The van der Waals surface area contributed by atoms with Crippen LogP contribution in [0.25, 0.3) is 0 Å². The summed E-state index contributed by atoms with van der Waals surface area (Å²) < 4.78 is 13.3. The zero-order chi connectivity index (χ0) is 15.2. The molecule has 0 atom stereocenters. The lowest BCUT2D eigenvalue weighted by Gasteiger charge is -2.17. The fourth-order valence-electron chi connectivity index (χ4n) is 2.57. The van der Waals surface area contributed by atoms with Gasteiger partial charge in [0.1, 0.15) is 5.82 Å². The van der Waals surface area contributed by atoms with Gasteiger partial charge in [-0.2, -0.15) is 0 Å². The van der Waals surface area contributed by atoms with Crippen LogP contribution >= 0.6 is 0 Å². The molecule has 6 heteroatoms. The van der Waals surface area contributed by atoms with Crippen molar-refractivity contribution >= 4 is 17.6 Å². The van der Waals surface area contributed by atoms with E-state index in [0.717, 1.165) is 31.7 Å². The molecule has 114 valence electrons. The van der Waals surface area contributed by atoms with E-state index < -0.39 is 11.7 Å². The minimum Gasteiger partial charge on any atom is -0.366 e. The number of halogens is 1. The number of carbonyl (C=O) groups is 2. The Morgan fingerprint density at radius 2 is 1.81 bits per heavy atom. The number of anilines is 1. The molecular formula is C15H20FN3O2. The molecule has 0 unspecified atom stereocenters. The number of primary amides is 1. The molecule has 3 amide bonds. The zero-order valence-electron chi connectivity index (χ0n) is 11.8. The summed E-state index contributed by atoms with van der Waals surface area (Å²) in [7, 11) is 0. The predicted octanol–water partition coefficient (Wildman–Crippen LogP) is 2.77. The molecule has 0 aromatic heterocycles. The number of nitrogens with two attached hydrogens (primary N) is 1. The molecule has 1 aromatic carbocycles. The van der Waals surface area contributed by atoms with Crippen molar-refractivity contribution in [1.29, 1.82) is 0 Å². The SMILES string of the molecule is NC(=O)c1cc(NC(=O)NC2CCCCCC2)ccc1F. The number of amides is 3. The van der Waals surface area contributed by atoms with E-state index in [0.29, 0.717) is 5.69 Å². The van der Waals surface area contributed by atoms with Gasteiger partial charge < -0.3 is 16.4 Å². The van der Waals surface area contributed by atoms with Crippen molar-refractivity contribution in [3.05, 3.63) is 29.6 Å². The second-order valence-electron chi connectivity index (χ2n) is 5.35. The molecule has 2 rings (SSSR count). The van der Waals surface area contributed by atoms with Gasteiger partial charge in [0, 0.05) is 11.7 Å². The quantitative estimate of drug-likeness (QED) is 0.749. The van der Waals surface area contributed by atoms with Crippen molar-refractivity contribution in [2.45, 2.75) is 44.6 Å². The standard InChI is InChI=1S/C15H20FN3O2/c16-13-8-7-11(9-12(13)14(17)20)19-15(21)18-10-5-3-1-2-4-6-10/h7-10H,1-6H2,(H2,17,20)(H2,18,19,21). The number of nitrogens with one attached hydrogen (secondary N) is 2. The summed E-state index contributed by atoms with van der Waals surface area (Å²) in [5.74, 6) is -1.56. The minimum absolute atomic E-state index is 0.170. The first kappa shape index (κ1) is 15.3. The summed E-state index contributed by atoms with van der Waals surface area (Å²) >= 11 is 0. The first-order chi connectivity index (χ1) is 10.1. The van der Waals surface area contributed by atoms with E-state index in [1.807, 2.05) is 0 Å². The molecule has 0 aliphatic heterocycles. The van der Waals surface area contributed by atoms with Gasteiger partial charge in [0.05, 0.1) is 5.56 Å². The second-order valence-corrected chi connectivity index (χ2v) is 5.35. The average molecular weight is 293 g/mol. The molecule has 0 heterocycles. The van der Waals surface area contributed by atoms with Gasteiger partial charge >= 0.3 is 6.03 Å². The number of carbonyl (C=O) groups excluding carboxylic acids is 2. The summed E-state index contributed by atoms with van der Waals surface area (Å²) in [5.41, 5.74) is 5.18. The van der Waals surface area contributed by atoms with Gasteiger partial charge in [0.25, 0.3) is 5.91 Å². The van der Waals surface area contributed by atoms with Gasteiger partial charge in [-0.15, -0.1) is 0 Å². The maximum absolute atomic E-state index is 13.3. The highest BCUT2D eigenvalue weighted by molar-refractivity contribution is 5.96. The average Bonchev–Trinajstić information content (AvgIpc) is 2.69. The summed E-state index contributed by atoms with van der Waals surface area (Å²) in [5, 5.41) is 5.52. The lowest BCUT2D eigenvalue weighted by atomic mass is 10.1. The van der Waals surface area contributed by atoms with E-state index in [1.54, 1.807) is 0 Å². The molecule has 0 radical (unpaired) electrons. The molecule has 1 aliphatic carbocycles. The van der Waals surface area contributed by atoms with E-state index in [-0.39, 0.29) is 17.6 Å². The summed E-state index contributed by atoms with van der Waals surface area (Å²) in [6, 6.07) is 3.58. The number of hydrogen-bond donors (Lipinski definition) is 3. The van der Waals surface area contributed by atoms with Gasteiger partial charge in [-0.25, -0.2) is 9.18 Å². The van der Waals surface area contributed by atoms with Crippen LogP contribution in [0, 0.1) is 5.82 Å². The number of rotatable bonds is 3. The molecule has 5 nitrogen and oxygen atoms in total. The molecule has 1 fully saturated rings. The third kappa shape index (κ3) is 4.44. The molecule has 1 aromatic rings. The van der Waals surface area contributed by atoms with E-state index >= 15 is 0 Å². The lowest BCUT2D eigenvalue weighted by molar-refractivity contribution is 0.0996. The maximum Gasteiger partial charge on any atom is 0.319 e. The van der Waals surface area contributed by atoms with Gasteiger partial charge in [0.2, 0.25) is 0 Å². The van der Waals surface area contributed by atoms with Crippen LogP contribution in [0.2, 0.25) is 0 Å². The van der Waals surface area contributed by atoms with Crippen LogP contribution in [0.3, 0.4) is 0 Å². The zero-order valence-corrected chi connectivity index (χ0v) is 11.8. The Kier molecular flexibility index (Phi) is 5.14. The van der Waals surface area contributed by atoms with Gasteiger partial charge in [-0.1, -0.05) is 25.7 Å². The van der Waals surface area contributed by atoms with Crippen LogP contribution in [0.4, 0.5) is 14.9 Å². The van der Waals surface area contributed by atoms with Crippen molar-refractivity contribution in [3.63, 3.8) is 0 Å². The number of hydrogen-bond acceptors (Lipinski definition) is 2. The topological polar surface area (TPSA) is 84.2 Å². The van der Waals surface area contributed by atoms with Crippen LogP contribution in [0.1, 0.15) is 48.9 Å².